The number of carbonyl (C=O) groups excluding carboxylic acids is 6. The molecule has 4 aliphatic rings. The van der Waals surface area contributed by atoms with Crippen LogP contribution in [0.1, 0.15) is 28.6 Å². The average molecular weight is 983 g/mol. The Morgan fingerprint density at radius 1 is 0.815 bits per heavy atom. The number of halogens is 3. The summed E-state index contributed by atoms with van der Waals surface area (Å²) in [7, 11) is 1.04. The molecular formula is C43H42Cl3NO17S. The van der Waals surface area contributed by atoms with Gasteiger partial charge in [-0.2, -0.15) is 0 Å². The zero-order valence-corrected chi connectivity index (χ0v) is 37.3. The second-order valence-corrected chi connectivity index (χ2v) is 16.7. The van der Waals surface area contributed by atoms with E-state index in [1.165, 1.54) is 11.8 Å². The number of alkyl carbamates (subject to hydrolysis) is 1. The van der Waals surface area contributed by atoms with Gasteiger partial charge in [0.15, 0.2) is 24.6 Å². The summed E-state index contributed by atoms with van der Waals surface area (Å²) in [5, 5.41) is 2.58. The first-order valence-electron chi connectivity index (χ1n) is 20.0. The lowest BCUT2D eigenvalue weighted by Crippen LogP contribution is -2.70. The smallest absolute Gasteiger partial charge is 0.407 e. The average Bonchev–Trinajstić information content (AvgIpc) is 3.72. The summed E-state index contributed by atoms with van der Waals surface area (Å²) in [6.45, 7) is -0.859. The number of nitrogens with one attached hydrogen (secondary N) is 1. The van der Waals surface area contributed by atoms with Crippen molar-refractivity contribution in [1.29, 1.82) is 0 Å². The number of carbonyl (C=O) groups is 6. The van der Waals surface area contributed by atoms with E-state index in [1.54, 1.807) is 54.6 Å². The lowest BCUT2D eigenvalue weighted by molar-refractivity contribution is -0.373. The normalized spacial score (nSPS) is 29.0. The summed E-state index contributed by atoms with van der Waals surface area (Å²) in [5.74, 6) is -9.77. The van der Waals surface area contributed by atoms with E-state index in [4.69, 9.17) is 86.9 Å². The molecule has 0 bridgehead atoms. The van der Waals surface area contributed by atoms with Crippen molar-refractivity contribution in [2.75, 3.05) is 38.0 Å². The first kappa shape index (κ1) is 48.2. The van der Waals surface area contributed by atoms with Crippen molar-refractivity contribution >= 4 is 82.5 Å². The van der Waals surface area contributed by atoms with Crippen molar-refractivity contribution in [2.45, 2.75) is 83.7 Å². The summed E-state index contributed by atoms with van der Waals surface area (Å²) < 4.78 is 66.8. The van der Waals surface area contributed by atoms with Gasteiger partial charge in [0.2, 0.25) is 0 Å². The van der Waals surface area contributed by atoms with Gasteiger partial charge in [-0.3, -0.25) is 14.4 Å². The van der Waals surface area contributed by atoms with E-state index in [1.807, 2.05) is 36.4 Å². The highest BCUT2D eigenvalue weighted by molar-refractivity contribution is 7.99. The number of hydrogen-bond donors (Lipinski definition) is 1. The molecule has 0 aliphatic carbocycles. The Morgan fingerprint density at radius 2 is 1.46 bits per heavy atom. The van der Waals surface area contributed by atoms with Crippen LogP contribution in [0.25, 0.3) is 0 Å². The zero-order chi connectivity index (χ0) is 46.1. The number of thioether (sulfide) groups is 1. The zero-order valence-electron chi connectivity index (χ0n) is 34.2. The molecule has 3 aromatic rings. The van der Waals surface area contributed by atoms with E-state index in [9.17, 15) is 28.8 Å². The lowest BCUT2D eigenvalue weighted by atomic mass is 9.88. The number of ether oxygens (including phenoxy) is 11. The molecule has 4 aliphatic heterocycles. The number of amides is 1. The molecule has 0 spiro atoms. The number of rotatable bonds is 17. The first-order valence-corrected chi connectivity index (χ1v) is 22.5. The van der Waals surface area contributed by atoms with Gasteiger partial charge in [0, 0.05) is 10.5 Å². The van der Waals surface area contributed by atoms with Crippen molar-refractivity contribution in [3.63, 3.8) is 0 Å². The quantitative estimate of drug-likeness (QED) is 0.112. The summed E-state index contributed by atoms with van der Waals surface area (Å²) in [6.07, 6.45) is -14.3. The van der Waals surface area contributed by atoms with Crippen LogP contribution in [0.3, 0.4) is 0 Å². The maximum Gasteiger partial charge on any atom is 0.407 e. The van der Waals surface area contributed by atoms with E-state index >= 15 is 0 Å². The molecule has 18 nitrogen and oxygen atoms in total. The van der Waals surface area contributed by atoms with Crippen LogP contribution in [0.5, 0.6) is 0 Å². The third-order valence-corrected chi connectivity index (χ3v) is 12.3. The summed E-state index contributed by atoms with van der Waals surface area (Å²) in [5.41, 5.74) is -0.284. The minimum Gasteiger partial charge on any atom is -0.465 e. The van der Waals surface area contributed by atoms with Gasteiger partial charge in [-0.05, 0) is 24.3 Å². The Kier molecular flexibility index (Phi) is 16.5. The molecule has 1 N–H and O–H groups in total. The van der Waals surface area contributed by atoms with Crippen LogP contribution in [-0.2, 0) is 71.3 Å². The SMILES string of the molecule is COC(=O)[C@@]1(O[C@H]2[C@H]3OC(c4ccccc4)OC[C@H]3O[C@@H](Sc3ccccc3)[C@@H]2OC(=O)c2ccccc2)C[C@@H]2OC(=O)N[C@H]2[C@H]([C@H](OC(=O)CCl)[C@@H](COC(=O)CCl)OC(=O)CCl)O1. The Bertz CT molecular complexity index is 2150. The second-order valence-electron chi connectivity index (χ2n) is 14.7. The molecule has 0 aromatic heterocycles. The van der Waals surface area contributed by atoms with Gasteiger partial charge in [0.1, 0.15) is 60.2 Å². The van der Waals surface area contributed by atoms with E-state index in [0.29, 0.717) is 10.5 Å². The maximum atomic E-state index is 14.5. The number of fused-ring (bicyclic) bond motifs is 2. The molecule has 348 valence electrons. The fourth-order valence-corrected chi connectivity index (χ4v) is 9.00. The van der Waals surface area contributed by atoms with E-state index < -0.39 is 139 Å². The highest BCUT2D eigenvalue weighted by atomic mass is 35.5. The van der Waals surface area contributed by atoms with Gasteiger partial charge < -0.3 is 57.4 Å². The Labute approximate surface area is 390 Å². The fraction of sp³-hybridized carbons (Fsp3) is 0.442. The molecule has 12 atom stereocenters. The van der Waals surface area contributed by atoms with Crippen LogP contribution >= 0.6 is 46.6 Å². The van der Waals surface area contributed by atoms with Gasteiger partial charge in [0.25, 0.3) is 5.79 Å². The first-order chi connectivity index (χ1) is 31.4. The van der Waals surface area contributed by atoms with Crippen molar-refractivity contribution in [3.05, 3.63) is 102 Å². The van der Waals surface area contributed by atoms with Crippen LogP contribution in [-0.4, -0.2) is 140 Å². The van der Waals surface area contributed by atoms with Crippen LogP contribution < -0.4 is 5.32 Å². The van der Waals surface area contributed by atoms with Gasteiger partial charge in [-0.25, -0.2) is 14.4 Å². The predicted molar refractivity (Wildman–Crippen MR) is 226 cm³/mol. The molecular weight excluding hydrogens is 941 g/mol. The van der Waals surface area contributed by atoms with Crippen molar-refractivity contribution in [3.8, 4) is 0 Å². The van der Waals surface area contributed by atoms with Crippen LogP contribution in [0.15, 0.2) is 95.9 Å². The minimum absolute atomic E-state index is 0.0681. The third kappa shape index (κ3) is 11.5. The third-order valence-electron chi connectivity index (χ3n) is 10.5. The van der Waals surface area contributed by atoms with Gasteiger partial charge in [-0.15, -0.1) is 34.8 Å². The van der Waals surface area contributed by atoms with Crippen molar-refractivity contribution < 1.29 is 80.9 Å². The van der Waals surface area contributed by atoms with Crippen LogP contribution in [0, 0.1) is 0 Å². The molecule has 7 rings (SSSR count). The summed E-state index contributed by atoms with van der Waals surface area (Å²) >= 11 is 18.6. The maximum absolute atomic E-state index is 14.5. The van der Waals surface area contributed by atoms with Crippen LogP contribution in [0.2, 0.25) is 0 Å². The molecule has 4 fully saturated rings. The van der Waals surface area contributed by atoms with Crippen molar-refractivity contribution in [2.24, 2.45) is 0 Å². The second kappa shape index (κ2) is 22.2. The van der Waals surface area contributed by atoms with Gasteiger partial charge in [0.05, 0.1) is 31.7 Å². The molecule has 1 amide bonds. The lowest BCUT2D eigenvalue weighted by Gasteiger charge is -2.52. The predicted octanol–water partition coefficient (Wildman–Crippen LogP) is 4.45. The largest absolute Gasteiger partial charge is 0.465 e. The molecule has 0 radical (unpaired) electrons. The van der Waals surface area contributed by atoms with E-state index in [-0.39, 0.29) is 12.2 Å². The Hall–Kier alpha value is -4.70. The number of esters is 5. The van der Waals surface area contributed by atoms with E-state index in [2.05, 4.69) is 5.32 Å². The van der Waals surface area contributed by atoms with Gasteiger partial charge >= 0.3 is 35.9 Å². The number of alkyl halides is 3. The van der Waals surface area contributed by atoms with Crippen LogP contribution in [0.4, 0.5) is 4.79 Å². The molecule has 1 unspecified atom stereocenters. The monoisotopic (exact) mass is 981 g/mol. The van der Waals surface area contributed by atoms with E-state index in [0.717, 1.165) is 7.11 Å². The fourth-order valence-electron chi connectivity index (χ4n) is 7.67. The topological polar surface area (TPSA) is 216 Å². The molecule has 3 aromatic carbocycles. The molecule has 65 heavy (non-hydrogen) atoms. The molecule has 0 saturated carbocycles. The Balaban J connectivity index is 1.35. The number of benzene rings is 3. The number of hydrogen-bond acceptors (Lipinski definition) is 18. The summed E-state index contributed by atoms with van der Waals surface area (Å²) in [6, 6.07) is 24.9. The number of methoxy groups -OCH3 is 1. The van der Waals surface area contributed by atoms with Crippen molar-refractivity contribution in [1.82, 2.24) is 5.32 Å². The minimum atomic E-state index is -2.65. The van der Waals surface area contributed by atoms with Gasteiger partial charge in [-0.1, -0.05) is 78.5 Å². The standard InChI is InChI=1S/C43H42Cl3NO17S/c1-54-41(52)43(17-26-32(47-42(53)59-26)35(63-43)33(60-31(50)20-46)27(57-30(49)19-45)21-55-29(48)18-44)64-36-34-28(22-56-39(62-34)24-13-7-3-8-14-24)58-40(65-25-15-9-4-10-16-25)37(36)61-38(51)23-11-5-2-6-12-23/h2-16,26-28,32-37,39-40H,17-22H2,1H3,(H,47,53)/t26-,27+,28+,32+,33+,34-,35+,36-,37+,39?,40-,43-/m0/s1. The molecule has 22 heteroatoms. The highest BCUT2D eigenvalue weighted by Crippen LogP contribution is 2.46. The molecule has 4 saturated heterocycles. The Morgan fingerprint density at radius 3 is 2.12 bits per heavy atom. The summed E-state index contributed by atoms with van der Waals surface area (Å²) in [4.78, 5) is 80.5. The highest BCUT2D eigenvalue weighted by Gasteiger charge is 2.64. The molecule has 4 heterocycles.